The van der Waals surface area contributed by atoms with Gasteiger partial charge in [0.25, 0.3) is 0 Å². The lowest BCUT2D eigenvalue weighted by molar-refractivity contribution is -0.0204. The van der Waals surface area contributed by atoms with Crippen molar-refractivity contribution < 1.29 is 14.2 Å². The summed E-state index contributed by atoms with van der Waals surface area (Å²) in [4.78, 5) is 0. The van der Waals surface area contributed by atoms with E-state index in [4.69, 9.17) is 30.9 Å². The first-order chi connectivity index (χ1) is 14.7. The summed E-state index contributed by atoms with van der Waals surface area (Å²) < 4.78 is 17.5. The predicted octanol–water partition coefficient (Wildman–Crippen LogP) is 5.60. The van der Waals surface area contributed by atoms with Gasteiger partial charge in [-0.2, -0.15) is 5.10 Å². The summed E-state index contributed by atoms with van der Waals surface area (Å²) in [6, 6.07) is 21.7. The van der Waals surface area contributed by atoms with Crippen LogP contribution >= 0.6 is 11.6 Å². The van der Waals surface area contributed by atoms with E-state index in [9.17, 15) is 0 Å². The molecule has 2 aliphatic heterocycles. The van der Waals surface area contributed by atoms with Gasteiger partial charge in [-0.3, -0.25) is 0 Å². The van der Waals surface area contributed by atoms with Gasteiger partial charge < -0.3 is 14.2 Å². The maximum atomic E-state index is 6.44. The highest BCUT2D eigenvalue weighted by Crippen LogP contribution is 2.49. The maximum Gasteiger partial charge on any atom is 0.217 e. The number of fused-ring (bicyclic) bond motifs is 3. The van der Waals surface area contributed by atoms with Crippen LogP contribution < -0.4 is 14.2 Å². The lowest BCUT2D eigenvalue weighted by Gasteiger charge is -2.38. The molecular weight excluding hydrogens is 400 g/mol. The lowest BCUT2D eigenvalue weighted by Crippen LogP contribution is -2.33. The summed E-state index contributed by atoms with van der Waals surface area (Å²) in [6.45, 7) is 0. The average Bonchev–Trinajstić information content (AvgIpc) is 3.24. The third-order valence-corrected chi connectivity index (χ3v) is 5.79. The third-order valence-electron chi connectivity index (χ3n) is 5.56. The molecule has 6 heteroatoms. The number of nitrogens with zero attached hydrogens (tertiary/aromatic N) is 2. The molecule has 2 atom stereocenters. The number of hydrogen-bond acceptors (Lipinski definition) is 5. The zero-order valence-electron chi connectivity index (χ0n) is 16.7. The van der Waals surface area contributed by atoms with Gasteiger partial charge >= 0.3 is 0 Å². The van der Waals surface area contributed by atoms with Gasteiger partial charge in [0.1, 0.15) is 17.2 Å². The number of ether oxygens (including phenoxy) is 3. The molecule has 0 amide bonds. The van der Waals surface area contributed by atoms with Crippen LogP contribution in [0.4, 0.5) is 0 Å². The van der Waals surface area contributed by atoms with Gasteiger partial charge in [0.05, 0.1) is 31.5 Å². The Balaban J connectivity index is 1.63. The highest BCUT2D eigenvalue weighted by Gasteiger charge is 2.42. The molecule has 0 radical (unpaired) electrons. The lowest BCUT2D eigenvalue weighted by atomic mass is 9.96. The van der Waals surface area contributed by atoms with Crippen LogP contribution in [0.5, 0.6) is 17.2 Å². The van der Waals surface area contributed by atoms with Gasteiger partial charge in [0, 0.05) is 17.0 Å². The highest BCUT2D eigenvalue weighted by molar-refractivity contribution is 6.31. The number of hydrazone groups is 1. The van der Waals surface area contributed by atoms with Crippen LogP contribution in [-0.2, 0) is 0 Å². The quantitative estimate of drug-likeness (QED) is 0.551. The van der Waals surface area contributed by atoms with Crippen molar-refractivity contribution in [2.45, 2.75) is 18.7 Å². The Morgan fingerprint density at radius 1 is 0.967 bits per heavy atom. The summed E-state index contributed by atoms with van der Waals surface area (Å²) in [5, 5.41) is 7.70. The summed E-state index contributed by atoms with van der Waals surface area (Å²) in [7, 11) is 3.31. The van der Waals surface area contributed by atoms with Gasteiger partial charge in [-0.25, -0.2) is 5.01 Å². The van der Waals surface area contributed by atoms with Crippen molar-refractivity contribution >= 4 is 17.3 Å². The van der Waals surface area contributed by atoms with Crippen LogP contribution in [0.2, 0.25) is 5.02 Å². The first-order valence-electron chi connectivity index (χ1n) is 9.77. The van der Waals surface area contributed by atoms with Crippen molar-refractivity contribution in [2.75, 3.05) is 14.2 Å². The second kappa shape index (κ2) is 7.58. The molecule has 3 aromatic rings. The molecule has 0 fully saturated rings. The van der Waals surface area contributed by atoms with E-state index in [1.807, 2.05) is 65.7 Å². The Kier molecular flexibility index (Phi) is 4.75. The maximum absolute atomic E-state index is 6.44. The predicted molar refractivity (Wildman–Crippen MR) is 117 cm³/mol. The fraction of sp³-hybridized carbons (Fsp3) is 0.208. The normalized spacial score (nSPS) is 19.4. The van der Waals surface area contributed by atoms with Crippen molar-refractivity contribution in [3.05, 3.63) is 88.4 Å². The van der Waals surface area contributed by atoms with E-state index in [0.717, 1.165) is 46.1 Å². The minimum atomic E-state index is -0.438. The van der Waals surface area contributed by atoms with Crippen LogP contribution in [0.1, 0.15) is 35.4 Å². The second-order valence-corrected chi connectivity index (χ2v) is 7.71. The first-order valence-corrected chi connectivity index (χ1v) is 10.1. The first kappa shape index (κ1) is 18.8. The monoisotopic (exact) mass is 420 g/mol. The Hall–Kier alpha value is -3.18. The fourth-order valence-electron chi connectivity index (χ4n) is 4.11. The van der Waals surface area contributed by atoms with Crippen molar-refractivity contribution in [2.24, 2.45) is 5.10 Å². The molecule has 0 aromatic heterocycles. The minimum Gasteiger partial charge on any atom is -0.497 e. The van der Waals surface area contributed by atoms with Crippen LogP contribution in [0.25, 0.3) is 0 Å². The topological polar surface area (TPSA) is 43.3 Å². The molecule has 2 heterocycles. The largest absolute Gasteiger partial charge is 0.497 e. The number of halogens is 1. The molecule has 152 valence electrons. The van der Waals surface area contributed by atoms with E-state index in [0.29, 0.717) is 5.02 Å². The van der Waals surface area contributed by atoms with Crippen LogP contribution in [0.15, 0.2) is 71.8 Å². The molecule has 0 N–H and O–H groups in total. The van der Waals surface area contributed by atoms with E-state index < -0.39 is 6.23 Å². The minimum absolute atomic E-state index is 0.0600. The summed E-state index contributed by atoms with van der Waals surface area (Å²) in [6.07, 6.45) is 0.329. The molecule has 2 unspecified atom stereocenters. The molecule has 0 saturated carbocycles. The molecule has 2 aliphatic rings. The number of methoxy groups -OCH3 is 2. The molecule has 0 saturated heterocycles. The summed E-state index contributed by atoms with van der Waals surface area (Å²) >= 11 is 6.23. The third kappa shape index (κ3) is 3.15. The van der Waals surface area contributed by atoms with Gasteiger partial charge in [-0.1, -0.05) is 41.9 Å². The number of hydrogen-bond donors (Lipinski definition) is 0. The van der Waals surface area contributed by atoms with Gasteiger partial charge in [-0.15, -0.1) is 0 Å². The van der Waals surface area contributed by atoms with Crippen molar-refractivity contribution in [1.29, 1.82) is 0 Å². The van der Waals surface area contributed by atoms with E-state index in [-0.39, 0.29) is 6.04 Å². The van der Waals surface area contributed by atoms with Crippen molar-refractivity contribution in [3.63, 3.8) is 0 Å². The molecule has 0 aliphatic carbocycles. The average molecular weight is 421 g/mol. The molecule has 0 spiro atoms. The number of rotatable bonds is 4. The fourth-order valence-corrected chi connectivity index (χ4v) is 4.30. The molecule has 30 heavy (non-hydrogen) atoms. The highest BCUT2D eigenvalue weighted by atomic mass is 35.5. The van der Waals surface area contributed by atoms with Gasteiger partial charge in [-0.05, 0) is 42.0 Å². The van der Waals surface area contributed by atoms with Gasteiger partial charge in [0.2, 0.25) is 6.23 Å². The zero-order valence-corrected chi connectivity index (χ0v) is 17.5. The van der Waals surface area contributed by atoms with Crippen LogP contribution in [0, 0.1) is 0 Å². The Labute approximate surface area is 180 Å². The number of para-hydroxylation sites is 1. The SMILES string of the molecule is COc1ccc(OC)c(C2Oc3ccccc3C3CC(c4cccc(Cl)c4)=NN32)c1. The molecular formula is C24H21ClN2O3. The smallest absolute Gasteiger partial charge is 0.217 e. The Bertz CT molecular complexity index is 1130. The summed E-state index contributed by atoms with van der Waals surface area (Å²) in [5.74, 6) is 2.32. The molecule has 3 aromatic carbocycles. The van der Waals surface area contributed by atoms with E-state index in [1.54, 1.807) is 14.2 Å². The van der Waals surface area contributed by atoms with E-state index >= 15 is 0 Å². The molecule has 5 nitrogen and oxygen atoms in total. The van der Waals surface area contributed by atoms with Crippen molar-refractivity contribution in [3.8, 4) is 17.2 Å². The van der Waals surface area contributed by atoms with Crippen LogP contribution in [-0.4, -0.2) is 24.9 Å². The zero-order chi connectivity index (χ0) is 20.7. The van der Waals surface area contributed by atoms with E-state index in [2.05, 4.69) is 6.07 Å². The van der Waals surface area contributed by atoms with E-state index in [1.165, 1.54) is 0 Å². The summed E-state index contributed by atoms with van der Waals surface area (Å²) in [5.41, 5.74) is 3.99. The Morgan fingerprint density at radius 2 is 1.83 bits per heavy atom. The second-order valence-electron chi connectivity index (χ2n) is 7.27. The number of benzene rings is 3. The standard InChI is InChI=1S/C24H21ClN2O3/c1-28-17-10-11-22(29-2)19(13-17)24-27-21(18-8-3-4-9-23(18)30-24)14-20(26-27)15-6-5-7-16(25)12-15/h3-13,21,24H,14H2,1-2H3. The van der Waals surface area contributed by atoms with Gasteiger partial charge in [0.15, 0.2) is 0 Å². The molecule has 5 rings (SSSR count). The van der Waals surface area contributed by atoms with Crippen LogP contribution in [0.3, 0.4) is 0 Å². The molecule has 0 bridgehead atoms. The Morgan fingerprint density at radius 3 is 2.63 bits per heavy atom. The van der Waals surface area contributed by atoms with Crippen molar-refractivity contribution in [1.82, 2.24) is 5.01 Å².